The monoisotopic (exact) mass is 463 g/mol. The molecule has 150 valence electrons. The first-order valence-corrected chi connectivity index (χ1v) is 9.98. The zero-order chi connectivity index (χ0) is 20.8. The summed E-state index contributed by atoms with van der Waals surface area (Å²) in [5.41, 5.74) is 2.73. The first-order valence-electron chi connectivity index (χ1n) is 9.18. The lowest BCUT2D eigenvalue weighted by Crippen LogP contribution is -1.99. The number of pyridine rings is 1. The van der Waals surface area contributed by atoms with Crippen LogP contribution >= 0.6 is 15.9 Å². The Kier molecular flexibility index (Phi) is 6.20. The highest BCUT2D eigenvalue weighted by atomic mass is 79.9. The highest BCUT2D eigenvalue weighted by molar-refractivity contribution is 9.10. The van der Waals surface area contributed by atoms with E-state index in [1.807, 2.05) is 60.7 Å². The Balaban J connectivity index is 1.48. The van der Waals surface area contributed by atoms with Crippen molar-refractivity contribution < 1.29 is 13.9 Å². The van der Waals surface area contributed by atoms with Crippen molar-refractivity contribution in [2.75, 3.05) is 7.11 Å². The summed E-state index contributed by atoms with van der Waals surface area (Å²) >= 11 is 3.42. The van der Waals surface area contributed by atoms with Crippen LogP contribution in [0.1, 0.15) is 17.0 Å². The number of benzene rings is 2. The van der Waals surface area contributed by atoms with E-state index < -0.39 is 0 Å². The van der Waals surface area contributed by atoms with Gasteiger partial charge in [-0.05, 0) is 60.2 Å². The zero-order valence-electron chi connectivity index (χ0n) is 16.2. The fourth-order valence-electron chi connectivity index (χ4n) is 2.79. The minimum absolute atomic E-state index is 0.388. The Bertz CT molecular complexity index is 1140. The largest absolute Gasteiger partial charge is 0.496 e. The van der Waals surface area contributed by atoms with Crippen molar-refractivity contribution >= 4 is 28.1 Å². The molecule has 6 nitrogen and oxygen atoms in total. The molecule has 4 rings (SSSR count). The van der Waals surface area contributed by atoms with Gasteiger partial charge in [-0.15, -0.1) is 10.2 Å². The van der Waals surface area contributed by atoms with E-state index in [0.717, 1.165) is 32.7 Å². The molecule has 30 heavy (non-hydrogen) atoms. The minimum atomic E-state index is 0.388. The molecule has 2 aromatic heterocycles. The van der Waals surface area contributed by atoms with E-state index >= 15 is 0 Å². The molecule has 0 N–H and O–H groups in total. The van der Waals surface area contributed by atoms with Gasteiger partial charge < -0.3 is 13.9 Å². The zero-order valence-corrected chi connectivity index (χ0v) is 17.7. The molecule has 0 saturated heterocycles. The Morgan fingerprint density at radius 1 is 0.967 bits per heavy atom. The summed E-state index contributed by atoms with van der Waals surface area (Å²) in [7, 11) is 1.65. The molecule has 2 aromatic carbocycles. The average molecular weight is 464 g/mol. The summed E-state index contributed by atoms with van der Waals surface area (Å²) in [4.78, 5) is 3.99. The fourth-order valence-corrected chi connectivity index (χ4v) is 3.05. The smallest absolute Gasteiger partial charge is 0.248 e. The number of rotatable bonds is 7. The van der Waals surface area contributed by atoms with Crippen LogP contribution in [-0.4, -0.2) is 22.3 Å². The second-order valence-corrected chi connectivity index (χ2v) is 7.24. The van der Waals surface area contributed by atoms with Gasteiger partial charge in [-0.25, -0.2) is 0 Å². The van der Waals surface area contributed by atoms with Gasteiger partial charge in [0.1, 0.15) is 18.1 Å². The highest BCUT2D eigenvalue weighted by Crippen LogP contribution is 2.24. The van der Waals surface area contributed by atoms with E-state index in [4.69, 9.17) is 13.9 Å². The SMILES string of the molecule is COc1ccc(/C=C\c2nnc(-c3ccncc3)o2)cc1COc1ccc(Br)cc1. The van der Waals surface area contributed by atoms with Crippen molar-refractivity contribution in [1.29, 1.82) is 0 Å². The van der Waals surface area contributed by atoms with Crippen LogP contribution in [0.5, 0.6) is 11.5 Å². The fraction of sp³-hybridized carbons (Fsp3) is 0.0870. The van der Waals surface area contributed by atoms with E-state index in [0.29, 0.717) is 18.4 Å². The van der Waals surface area contributed by atoms with Crippen LogP contribution < -0.4 is 9.47 Å². The van der Waals surface area contributed by atoms with E-state index in [9.17, 15) is 0 Å². The molecule has 0 spiro atoms. The molecular formula is C23H18BrN3O3. The lowest BCUT2D eigenvalue weighted by Gasteiger charge is -2.11. The summed E-state index contributed by atoms with van der Waals surface area (Å²) in [6.45, 7) is 0.388. The molecule has 0 aliphatic heterocycles. The van der Waals surface area contributed by atoms with Gasteiger partial charge >= 0.3 is 0 Å². The van der Waals surface area contributed by atoms with Crippen LogP contribution in [0.25, 0.3) is 23.6 Å². The van der Waals surface area contributed by atoms with Crippen LogP contribution in [0.3, 0.4) is 0 Å². The van der Waals surface area contributed by atoms with Crippen LogP contribution in [-0.2, 0) is 6.61 Å². The van der Waals surface area contributed by atoms with Crippen LogP contribution in [0.2, 0.25) is 0 Å². The van der Waals surface area contributed by atoms with Gasteiger partial charge in [-0.1, -0.05) is 22.0 Å². The van der Waals surface area contributed by atoms with E-state index in [-0.39, 0.29) is 0 Å². The van der Waals surface area contributed by atoms with Gasteiger partial charge in [0.2, 0.25) is 11.8 Å². The average Bonchev–Trinajstić information content (AvgIpc) is 3.27. The number of ether oxygens (including phenoxy) is 2. The lowest BCUT2D eigenvalue weighted by molar-refractivity contribution is 0.296. The normalized spacial score (nSPS) is 11.0. The number of hydrogen-bond donors (Lipinski definition) is 0. The van der Waals surface area contributed by atoms with Crippen molar-refractivity contribution in [3.05, 3.63) is 88.5 Å². The van der Waals surface area contributed by atoms with Gasteiger partial charge in [-0.2, -0.15) is 0 Å². The quantitative estimate of drug-likeness (QED) is 0.352. The number of methoxy groups -OCH3 is 1. The summed E-state index contributed by atoms with van der Waals surface area (Å²) in [6.07, 6.45) is 7.06. The third kappa shape index (κ3) is 4.93. The third-order valence-electron chi connectivity index (χ3n) is 4.30. The standard InChI is InChI=1S/C23H18BrN3O3/c1-28-21-8-2-16(14-18(21)15-29-20-6-4-19(24)5-7-20)3-9-22-26-27-23(30-22)17-10-12-25-13-11-17/h2-14H,15H2,1H3/b9-3-. The summed E-state index contributed by atoms with van der Waals surface area (Å²) in [6, 6.07) is 17.2. The molecule has 7 heteroatoms. The first kappa shape index (κ1) is 19.8. The van der Waals surface area contributed by atoms with Crippen LogP contribution in [0.15, 0.2) is 75.9 Å². The predicted molar refractivity (Wildman–Crippen MR) is 118 cm³/mol. The van der Waals surface area contributed by atoms with E-state index in [1.165, 1.54) is 0 Å². The molecule has 0 radical (unpaired) electrons. The van der Waals surface area contributed by atoms with Crippen molar-refractivity contribution in [3.63, 3.8) is 0 Å². The minimum Gasteiger partial charge on any atom is -0.496 e. The Hall–Kier alpha value is -3.45. The maximum absolute atomic E-state index is 5.89. The number of aromatic nitrogens is 3. The van der Waals surface area contributed by atoms with Crippen molar-refractivity contribution in [2.45, 2.75) is 6.61 Å². The van der Waals surface area contributed by atoms with Crippen LogP contribution in [0.4, 0.5) is 0 Å². The third-order valence-corrected chi connectivity index (χ3v) is 4.83. The molecule has 0 aliphatic carbocycles. The highest BCUT2D eigenvalue weighted by Gasteiger charge is 2.07. The van der Waals surface area contributed by atoms with Crippen molar-refractivity contribution in [3.8, 4) is 23.0 Å². The summed E-state index contributed by atoms with van der Waals surface area (Å²) < 4.78 is 18.1. The van der Waals surface area contributed by atoms with E-state index in [2.05, 4.69) is 31.1 Å². The lowest BCUT2D eigenvalue weighted by atomic mass is 10.1. The first-order chi connectivity index (χ1) is 14.7. The van der Waals surface area contributed by atoms with Crippen molar-refractivity contribution in [2.24, 2.45) is 0 Å². The number of hydrogen-bond acceptors (Lipinski definition) is 6. The second-order valence-electron chi connectivity index (χ2n) is 6.33. The van der Waals surface area contributed by atoms with Gasteiger partial charge in [0.05, 0.1) is 7.11 Å². The summed E-state index contributed by atoms with van der Waals surface area (Å²) in [5.74, 6) is 2.43. The summed E-state index contributed by atoms with van der Waals surface area (Å²) in [5, 5.41) is 8.14. The maximum Gasteiger partial charge on any atom is 0.248 e. The Labute approximate surface area is 182 Å². The molecular weight excluding hydrogens is 446 g/mol. The molecule has 0 atom stereocenters. The molecule has 0 aliphatic rings. The molecule has 0 bridgehead atoms. The van der Waals surface area contributed by atoms with Gasteiger partial charge in [0.15, 0.2) is 0 Å². The van der Waals surface area contributed by atoms with Crippen LogP contribution in [0, 0.1) is 0 Å². The Morgan fingerprint density at radius 2 is 1.77 bits per heavy atom. The van der Waals surface area contributed by atoms with Gasteiger partial charge in [0, 0.05) is 34.1 Å². The maximum atomic E-state index is 5.89. The molecule has 0 fully saturated rings. The predicted octanol–water partition coefficient (Wildman–Crippen LogP) is 5.65. The molecule has 0 amide bonds. The second kappa shape index (κ2) is 9.37. The molecule has 0 saturated carbocycles. The Morgan fingerprint density at radius 3 is 2.53 bits per heavy atom. The topological polar surface area (TPSA) is 70.3 Å². The van der Waals surface area contributed by atoms with E-state index in [1.54, 1.807) is 25.6 Å². The number of halogens is 1. The number of nitrogens with zero attached hydrogens (tertiary/aromatic N) is 3. The van der Waals surface area contributed by atoms with Crippen molar-refractivity contribution in [1.82, 2.24) is 15.2 Å². The van der Waals surface area contributed by atoms with Gasteiger partial charge in [-0.3, -0.25) is 4.98 Å². The molecule has 2 heterocycles. The molecule has 0 unspecified atom stereocenters. The molecule has 4 aromatic rings. The van der Waals surface area contributed by atoms with Gasteiger partial charge in [0.25, 0.3) is 0 Å².